The molecule has 2 heterocycles. The third kappa shape index (κ3) is 4.41. The van der Waals surface area contributed by atoms with Gasteiger partial charge in [0, 0.05) is 29.6 Å². The van der Waals surface area contributed by atoms with Gasteiger partial charge in [0.15, 0.2) is 0 Å². The number of anilines is 1. The first-order valence-corrected chi connectivity index (χ1v) is 10.2. The number of aryl methyl sites for hydroxylation is 1. The minimum absolute atomic E-state index is 0.140. The Morgan fingerprint density at radius 2 is 1.93 bits per heavy atom. The van der Waals surface area contributed by atoms with E-state index < -0.39 is 0 Å². The van der Waals surface area contributed by atoms with E-state index in [9.17, 15) is 4.79 Å². The van der Waals surface area contributed by atoms with Crippen molar-refractivity contribution in [1.82, 2.24) is 15.0 Å². The monoisotopic (exact) mass is 426 g/mol. The van der Waals surface area contributed by atoms with Crippen molar-refractivity contribution in [2.45, 2.75) is 25.7 Å². The Morgan fingerprint density at radius 3 is 2.63 bits per heavy atom. The molecule has 7 nitrogen and oxygen atoms in total. The fourth-order valence-electron chi connectivity index (χ4n) is 3.52. The summed E-state index contributed by atoms with van der Waals surface area (Å²) in [6, 6.07) is 13.0. The fourth-order valence-corrected chi connectivity index (χ4v) is 3.69. The maximum atomic E-state index is 12.7. The van der Waals surface area contributed by atoms with Crippen molar-refractivity contribution >= 4 is 23.3 Å². The van der Waals surface area contributed by atoms with Crippen LogP contribution >= 0.6 is 11.6 Å². The molecule has 0 radical (unpaired) electrons. The molecule has 1 fully saturated rings. The third-order valence-corrected chi connectivity index (χ3v) is 5.52. The van der Waals surface area contributed by atoms with Gasteiger partial charge in [-0.25, -0.2) is 4.79 Å². The summed E-state index contributed by atoms with van der Waals surface area (Å²) in [5, 5.41) is 7.54. The Hall–Kier alpha value is -3.06. The summed E-state index contributed by atoms with van der Waals surface area (Å²) in [6.07, 6.45) is 1.52. The van der Waals surface area contributed by atoms with Gasteiger partial charge in [-0.3, -0.25) is 0 Å². The SMILES string of the molecule is COc1ccc(Cl)cc1NC(=O)N1CCC(c2nc(-c3ccc(C)cc3)no2)CC1. The molecule has 4 rings (SSSR count). The standard InChI is InChI=1S/C22H23ClN4O3/c1-14-3-5-15(6-4-14)20-25-21(30-26-20)16-9-11-27(12-10-16)22(28)24-18-13-17(23)7-8-19(18)29-2/h3-8,13,16H,9-12H2,1-2H3,(H,24,28). The van der Waals surface area contributed by atoms with Crippen LogP contribution in [0.4, 0.5) is 10.5 Å². The summed E-state index contributed by atoms with van der Waals surface area (Å²) in [5.41, 5.74) is 2.67. The number of likely N-dealkylation sites (tertiary alicyclic amines) is 1. The molecule has 156 valence electrons. The molecular weight excluding hydrogens is 404 g/mol. The molecule has 2 aromatic carbocycles. The van der Waals surface area contributed by atoms with E-state index in [1.165, 1.54) is 5.56 Å². The summed E-state index contributed by atoms with van der Waals surface area (Å²) >= 11 is 6.04. The van der Waals surface area contributed by atoms with Crippen LogP contribution in [0, 0.1) is 6.92 Å². The van der Waals surface area contributed by atoms with Crippen molar-refractivity contribution < 1.29 is 14.1 Å². The van der Waals surface area contributed by atoms with E-state index >= 15 is 0 Å². The lowest BCUT2D eigenvalue weighted by Crippen LogP contribution is -2.40. The summed E-state index contributed by atoms with van der Waals surface area (Å²) in [4.78, 5) is 19.0. The predicted octanol–water partition coefficient (Wildman–Crippen LogP) is 5.12. The van der Waals surface area contributed by atoms with Gasteiger partial charge in [0.1, 0.15) is 5.75 Å². The number of carbonyl (C=O) groups excluding carboxylic acids is 1. The number of nitrogens with zero attached hydrogens (tertiary/aromatic N) is 3. The molecule has 2 amide bonds. The first kappa shape index (κ1) is 20.2. The van der Waals surface area contributed by atoms with Gasteiger partial charge in [-0.05, 0) is 38.0 Å². The van der Waals surface area contributed by atoms with Crippen molar-refractivity contribution in [3.63, 3.8) is 0 Å². The predicted molar refractivity (Wildman–Crippen MR) is 115 cm³/mol. The van der Waals surface area contributed by atoms with Crippen molar-refractivity contribution in [3.05, 3.63) is 58.9 Å². The van der Waals surface area contributed by atoms with Crippen LogP contribution in [0.15, 0.2) is 47.0 Å². The molecule has 0 atom stereocenters. The lowest BCUT2D eigenvalue weighted by Gasteiger charge is -2.30. The summed E-state index contributed by atoms with van der Waals surface area (Å²) in [6.45, 7) is 3.24. The Bertz CT molecular complexity index is 1030. The van der Waals surface area contributed by atoms with Gasteiger partial charge in [0.05, 0.1) is 12.8 Å². The Labute approximate surface area is 180 Å². The highest BCUT2D eigenvalue weighted by atomic mass is 35.5. The number of hydrogen-bond donors (Lipinski definition) is 1. The number of rotatable bonds is 4. The van der Waals surface area contributed by atoms with Crippen LogP contribution in [0.2, 0.25) is 5.02 Å². The van der Waals surface area contributed by atoms with Crippen molar-refractivity contribution in [2.24, 2.45) is 0 Å². The molecule has 1 N–H and O–H groups in total. The highest BCUT2D eigenvalue weighted by molar-refractivity contribution is 6.31. The van der Waals surface area contributed by atoms with Gasteiger partial charge in [-0.2, -0.15) is 4.98 Å². The Kier molecular flexibility index (Phi) is 5.90. The minimum atomic E-state index is -0.181. The maximum absolute atomic E-state index is 12.7. The number of nitrogens with one attached hydrogen (secondary N) is 1. The van der Waals surface area contributed by atoms with Gasteiger partial charge in [-0.15, -0.1) is 0 Å². The van der Waals surface area contributed by atoms with Crippen LogP contribution in [0.3, 0.4) is 0 Å². The normalized spacial score (nSPS) is 14.6. The topological polar surface area (TPSA) is 80.5 Å². The van der Waals surface area contributed by atoms with Crippen LogP contribution in [-0.4, -0.2) is 41.3 Å². The van der Waals surface area contributed by atoms with E-state index in [1.54, 1.807) is 30.2 Å². The number of methoxy groups -OCH3 is 1. The zero-order valence-corrected chi connectivity index (χ0v) is 17.6. The average Bonchev–Trinajstić information content (AvgIpc) is 3.25. The molecule has 0 spiro atoms. The fraction of sp³-hybridized carbons (Fsp3) is 0.318. The lowest BCUT2D eigenvalue weighted by molar-refractivity contribution is 0.187. The summed E-state index contributed by atoms with van der Waals surface area (Å²) in [7, 11) is 1.56. The van der Waals surface area contributed by atoms with Crippen LogP contribution in [0.1, 0.15) is 30.2 Å². The highest BCUT2D eigenvalue weighted by Gasteiger charge is 2.28. The first-order valence-electron chi connectivity index (χ1n) is 9.83. The van der Waals surface area contributed by atoms with Gasteiger partial charge in [0.2, 0.25) is 11.7 Å². The molecule has 8 heteroatoms. The Balaban J connectivity index is 1.37. The van der Waals surface area contributed by atoms with Gasteiger partial charge in [-0.1, -0.05) is 46.6 Å². The number of aromatic nitrogens is 2. The number of benzene rings is 2. The molecule has 30 heavy (non-hydrogen) atoms. The number of ether oxygens (including phenoxy) is 1. The van der Waals surface area contributed by atoms with E-state index in [-0.39, 0.29) is 11.9 Å². The number of urea groups is 1. The van der Waals surface area contributed by atoms with E-state index in [0.717, 1.165) is 18.4 Å². The first-order chi connectivity index (χ1) is 14.5. The number of piperidine rings is 1. The minimum Gasteiger partial charge on any atom is -0.495 e. The van der Waals surface area contributed by atoms with Crippen LogP contribution < -0.4 is 10.1 Å². The number of hydrogen-bond acceptors (Lipinski definition) is 5. The number of carbonyl (C=O) groups is 1. The van der Waals surface area contributed by atoms with E-state index in [0.29, 0.717) is 41.3 Å². The van der Waals surface area contributed by atoms with E-state index in [1.807, 2.05) is 31.2 Å². The van der Waals surface area contributed by atoms with Crippen LogP contribution in [0.5, 0.6) is 5.75 Å². The van der Waals surface area contributed by atoms with Crippen molar-refractivity contribution in [2.75, 3.05) is 25.5 Å². The second-order valence-corrected chi connectivity index (χ2v) is 7.79. The Morgan fingerprint density at radius 1 is 1.20 bits per heavy atom. The molecule has 0 unspecified atom stereocenters. The molecule has 1 aliphatic heterocycles. The molecule has 0 saturated carbocycles. The molecule has 0 aliphatic carbocycles. The summed E-state index contributed by atoms with van der Waals surface area (Å²) < 4.78 is 10.8. The second-order valence-electron chi connectivity index (χ2n) is 7.36. The molecule has 1 aromatic heterocycles. The molecule has 1 aliphatic rings. The molecule has 3 aromatic rings. The molecular formula is C22H23ClN4O3. The quantitative estimate of drug-likeness (QED) is 0.626. The zero-order chi connectivity index (χ0) is 21.1. The average molecular weight is 427 g/mol. The smallest absolute Gasteiger partial charge is 0.321 e. The van der Waals surface area contributed by atoms with Gasteiger partial charge >= 0.3 is 6.03 Å². The largest absolute Gasteiger partial charge is 0.495 e. The maximum Gasteiger partial charge on any atom is 0.321 e. The number of amides is 2. The van der Waals surface area contributed by atoms with Gasteiger partial charge < -0.3 is 19.5 Å². The van der Waals surface area contributed by atoms with E-state index in [4.69, 9.17) is 20.9 Å². The second kappa shape index (κ2) is 8.75. The zero-order valence-electron chi connectivity index (χ0n) is 16.9. The van der Waals surface area contributed by atoms with Gasteiger partial charge in [0.25, 0.3) is 0 Å². The van der Waals surface area contributed by atoms with Crippen LogP contribution in [-0.2, 0) is 0 Å². The van der Waals surface area contributed by atoms with Crippen LogP contribution in [0.25, 0.3) is 11.4 Å². The summed E-state index contributed by atoms with van der Waals surface area (Å²) in [5.74, 6) is 1.93. The lowest BCUT2D eigenvalue weighted by atomic mass is 9.97. The highest BCUT2D eigenvalue weighted by Crippen LogP contribution is 2.31. The van der Waals surface area contributed by atoms with Crippen molar-refractivity contribution in [1.29, 1.82) is 0 Å². The van der Waals surface area contributed by atoms with Crippen molar-refractivity contribution in [3.8, 4) is 17.1 Å². The number of halogens is 1. The molecule has 0 bridgehead atoms. The molecule has 1 saturated heterocycles. The van der Waals surface area contributed by atoms with E-state index in [2.05, 4.69) is 15.5 Å². The third-order valence-electron chi connectivity index (χ3n) is 5.29.